The van der Waals surface area contributed by atoms with Crippen LogP contribution in [0.2, 0.25) is 0 Å². The van der Waals surface area contributed by atoms with E-state index in [1.807, 2.05) is 0 Å². The van der Waals surface area contributed by atoms with Crippen molar-refractivity contribution in [1.29, 1.82) is 0 Å². The van der Waals surface area contributed by atoms with Gasteiger partial charge in [0, 0.05) is 0 Å². The average molecular weight is 284 g/mol. The summed E-state index contributed by atoms with van der Waals surface area (Å²) in [7, 11) is -1.54. The molecule has 2 rings (SSSR count). The monoisotopic (exact) mass is 284 g/mol. The topological polar surface area (TPSA) is 89.9 Å². The first-order valence-corrected chi connectivity index (χ1v) is 6.81. The van der Waals surface area contributed by atoms with Crippen molar-refractivity contribution in [2.24, 2.45) is 0 Å². The van der Waals surface area contributed by atoms with Gasteiger partial charge in [-0.3, -0.25) is 0 Å². The van der Waals surface area contributed by atoms with E-state index in [0.29, 0.717) is 5.56 Å². The van der Waals surface area contributed by atoms with Crippen molar-refractivity contribution in [3.8, 4) is 5.75 Å². The third kappa shape index (κ3) is 2.00. The van der Waals surface area contributed by atoms with Crippen LogP contribution in [0, 0.1) is 0 Å². The van der Waals surface area contributed by atoms with Gasteiger partial charge in [0.05, 0.1) is 19.1 Å². The maximum Gasteiger partial charge on any atom is 0.340 e. The Kier molecular flexibility index (Phi) is 3.34. The number of sulfone groups is 1. The molecule has 1 unspecified atom stereocenters. The van der Waals surface area contributed by atoms with E-state index in [1.165, 1.54) is 19.3 Å². The Morgan fingerprint density at radius 1 is 1.32 bits per heavy atom. The fourth-order valence-electron chi connectivity index (χ4n) is 1.90. The van der Waals surface area contributed by atoms with Gasteiger partial charge in [-0.15, -0.1) is 0 Å². The molecule has 0 radical (unpaired) electrons. The van der Waals surface area contributed by atoms with E-state index < -0.39 is 26.8 Å². The SMILES string of the molecule is COC(=O)C(O)C1=Cc2cccc(OC)c2S1(=O)=O. The third-order valence-electron chi connectivity index (χ3n) is 2.80. The fourth-order valence-corrected chi connectivity index (χ4v) is 3.66. The molecule has 0 saturated carbocycles. The summed E-state index contributed by atoms with van der Waals surface area (Å²) in [5.74, 6) is -0.859. The zero-order valence-corrected chi connectivity index (χ0v) is 11.1. The number of hydrogen-bond donors (Lipinski definition) is 1. The maximum absolute atomic E-state index is 12.3. The van der Waals surface area contributed by atoms with E-state index in [2.05, 4.69) is 4.74 Å². The Hall–Kier alpha value is -1.86. The lowest BCUT2D eigenvalue weighted by molar-refractivity contribution is -0.147. The second-order valence-electron chi connectivity index (χ2n) is 3.85. The number of carbonyl (C=O) groups is 1. The number of esters is 1. The summed E-state index contributed by atoms with van der Waals surface area (Å²) in [6, 6.07) is 4.68. The van der Waals surface area contributed by atoms with Gasteiger partial charge in [-0.2, -0.15) is 0 Å². The molecule has 0 aliphatic carbocycles. The Bertz CT molecular complexity index is 659. The van der Waals surface area contributed by atoms with Gasteiger partial charge in [-0.1, -0.05) is 12.1 Å². The highest BCUT2D eigenvalue weighted by Gasteiger charge is 2.39. The Morgan fingerprint density at radius 3 is 2.58 bits per heavy atom. The molecule has 1 heterocycles. The molecule has 0 aromatic heterocycles. The van der Waals surface area contributed by atoms with Crippen molar-refractivity contribution in [3.05, 3.63) is 28.7 Å². The van der Waals surface area contributed by atoms with Crippen LogP contribution < -0.4 is 4.74 Å². The van der Waals surface area contributed by atoms with Gasteiger partial charge in [-0.05, 0) is 17.7 Å². The zero-order valence-electron chi connectivity index (χ0n) is 10.3. The lowest BCUT2D eigenvalue weighted by Gasteiger charge is -2.11. The summed E-state index contributed by atoms with van der Waals surface area (Å²) in [4.78, 5) is 10.8. The second kappa shape index (κ2) is 4.67. The van der Waals surface area contributed by atoms with Gasteiger partial charge in [0.1, 0.15) is 10.6 Å². The normalized spacial score (nSPS) is 17.3. The van der Waals surface area contributed by atoms with Crippen LogP contribution in [0.15, 0.2) is 28.0 Å². The molecular weight excluding hydrogens is 272 g/mol. The van der Waals surface area contributed by atoms with Crippen LogP contribution in [0.5, 0.6) is 5.75 Å². The molecule has 19 heavy (non-hydrogen) atoms. The van der Waals surface area contributed by atoms with Crippen LogP contribution >= 0.6 is 0 Å². The summed E-state index contributed by atoms with van der Waals surface area (Å²) in [6.07, 6.45) is -0.596. The number of methoxy groups -OCH3 is 2. The largest absolute Gasteiger partial charge is 0.495 e. The van der Waals surface area contributed by atoms with Crippen molar-refractivity contribution >= 4 is 21.9 Å². The second-order valence-corrected chi connectivity index (χ2v) is 5.74. The molecule has 0 saturated heterocycles. The summed E-state index contributed by atoms with van der Waals surface area (Å²) in [6.45, 7) is 0. The molecule has 1 aromatic rings. The van der Waals surface area contributed by atoms with Crippen molar-refractivity contribution in [1.82, 2.24) is 0 Å². The highest BCUT2D eigenvalue weighted by Crippen LogP contribution is 2.40. The molecule has 1 aromatic carbocycles. The molecule has 0 spiro atoms. The summed E-state index contributed by atoms with van der Waals surface area (Å²) < 4.78 is 34.0. The van der Waals surface area contributed by atoms with E-state index >= 15 is 0 Å². The number of rotatable bonds is 3. The van der Waals surface area contributed by atoms with Crippen molar-refractivity contribution in [3.63, 3.8) is 0 Å². The van der Waals surface area contributed by atoms with E-state index in [4.69, 9.17) is 4.74 Å². The lowest BCUT2D eigenvalue weighted by atomic mass is 10.2. The van der Waals surface area contributed by atoms with Crippen LogP contribution in [0.3, 0.4) is 0 Å². The summed E-state index contributed by atoms with van der Waals surface area (Å²) in [5.41, 5.74) is 0.373. The minimum Gasteiger partial charge on any atom is -0.495 e. The molecule has 7 heteroatoms. The lowest BCUT2D eigenvalue weighted by Crippen LogP contribution is -2.26. The van der Waals surface area contributed by atoms with Gasteiger partial charge in [0.2, 0.25) is 9.84 Å². The number of ether oxygens (including phenoxy) is 2. The molecule has 1 atom stereocenters. The summed E-state index contributed by atoms with van der Waals surface area (Å²) in [5, 5.41) is 9.73. The first-order valence-electron chi connectivity index (χ1n) is 5.33. The first-order chi connectivity index (χ1) is 8.93. The Balaban J connectivity index is 2.58. The minimum absolute atomic E-state index is 0.0459. The Morgan fingerprint density at radius 2 is 2.00 bits per heavy atom. The standard InChI is InChI=1S/C12H12O6S/c1-17-8-5-3-4-7-6-9(10(13)12(14)18-2)19(15,16)11(7)8/h3-6,10,13H,1-2H3. The van der Waals surface area contributed by atoms with Crippen molar-refractivity contribution in [2.45, 2.75) is 11.0 Å². The number of fused-ring (bicyclic) bond motifs is 1. The number of benzene rings is 1. The quantitative estimate of drug-likeness (QED) is 0.806. The number of aliphatic hydroxyl groups excluding tert-OH is 1. The zero-order chi connectivity index (χ0) is 14.2. The van der Waals surface area contributed by atoms with Crippen LogP contribution in [-0.2, 0) is 19.4 Å². The number of hydrogen-bond acceptors (Lipinski definition) is 6. The van der Waals surface area contributed by atoms with E-state index in [1.54, 1.807) is 12.1 Å². The van der Waals surface area contributed by atoms with Crippen LogP contribution in [-0.4, -0.2) is 39.8 Å². The Labute approximate surface area is 110 Å². The number of carbonyl (C=O) groups excluding carboxylic acids is 1. The van der Waals surface area contributed by atoms with Crippen LogP contribution in [0.1, 0.15) is 5.56 Å². The van der Waals surface area contributed by atoms with Crippen molar-refractivity contribution in [2.75, 3.05) is 14.2 Å². The molecular formula is C12H12O6S. The molecule has 0 amide bonds. The van der Waals surface area contributed by atoms with Gasteiger partial charge < -0.3 is 14.6 Å². The third-order valence-corrected chi connectivity index (χ3v) is 4.74. The highest BCUT2D eigenvalue weighted by atomic mass is 32.2. The van der Waals surface area contributed by atoms with E-state index in [-0.39, 0.29) is 10.6 Å². The average Bonchev–Trinajstić information content (AvgIpc) is 2.68. The molecule has 1 N–H and O–H groups in total. The minimum atomic E-state index is -3.96. The number of aliphatic hydroxyl groups is 1. The molecule has 0 fully saturated rings. The first kappa shape index (κ1) is 13.6. The van der Waals surface area contributed by atoms with Gasteiger partial charge in [0.15, 0.2) is 6.10 Å². The smallest absolute Gasteiger partial charge is 0.340 e. The summed E-state index contributed by atoms with van der Waals surface area (Å²) >= 11 is 0. The van der Waals surface area contributed by atoms with Crippen LogP contribution in [0.25, 0.3) is 6.08 Å². The predicted octanol–water partition coefficient (Wildman–Crippen LogP) is 0.357. The van der Waals surface area contributed by atoms with Crippen LogP contribution in [0.4, 0.5) is 0 Å². The van der Waals surface area contributed by atoms with Gasteiger partial charge >= 0.3 is 5.97 Å². The molecule has 1 aliphatic rings. The van der Waals surface area contributed by atoms with E-state index in [0.717, 1.165) is 7.11 Å². The predicted molar refractivity (Wildman–Crippen MR) is 66.2 cm³/mol. The molecule has 102 valence electrons. The molecule has 0 bridgehead atoms. The molecule has 1 aliphatic heterocycles. The molecule has 6 nitrogen and oxygen atoms in total. The van der Waals surface area contributed by atoms with Crippen molar-refractivity contribution < 1.29 is 27.8 Å². The van der Waals surface area contributed by atoms with E-state index in [9.17, 15) is 18.3 Å². The van der Waals surface area contributed by atoms with Gasteiger partial charge in [0.25, 0.3) is 0 Å². The highest BCUT2D eigenvalue weighted by molar-refractivity contribution is 7.96. The fraction of sp³-hybridized carbons (Fsp3) is 0.250. The van der Waals surface area contributed by atoms with Gasteiger partial charge in [-0.25, -0.2) is 13.2 Å². The maximum atomic E-state index is 12.3.